The van der Waals surface area contributed by atoms with Crippen LogP contribution in [0.1, 0.15) is 18.9 Å². The van der Waals surface area contributed by atoms with E-state index >= 15 is 0 Å². The molecule has 0 bridgehead atoms. The molecule has 0 amide bonds. The average molecular weight is 260 g/mol. The van der Waals surface area contributed by atoms with Crippen LogP contribution in [-0.2, 0) is 16.0 Å². The van der Waals surface area contributed by atoms with E-state index in [0.29, 0.717) is 0 Å². The monoisotopic (exact) mass is 260 g/mol. The predicted molar refractivity (Wildman–Crippen MR) is 60.7 cm³/mol. The van der Waals surface area contributed by atoms with E-state index in [1.807, 2.05) is 0 Å². The van der Waals surface area contributed by atoms with Gasteiger partial charge in [-0.1, -0.05) is 6.07 Å². The lowest BCUT2D eigenvalue weighted by Crippen LogP contribution is -2.16. The molecule has 0 aromatic heterocycles. The van der Waals surface area contributed by atoms with Crippen LogP contribution in [0.2, 0.25) is 0 Å². The van der Waals surface area contributed by atoms with E-state index in [4.69, 9.17) is 4.74 Å². The number of carbonyl (C=O) groups excluding carboxylic acids is 1. The van der Waals surface area contributed by atoms with E-state index in [0.717, 1.165) is 6.07 Å². The number of ether oxygens (including phenoxy) is 1. The van der Waals surface area contributed by atoms with Gasteiger partial charge in [0, 0.05) is 20.1 Å². The van der Waals surface area contributed by atoms with Crippen molar-refractivity contribution >= 4 is 5.78 Å². The van der Waals surface area contributed by atoms with E-state index in [-0.39, 0.29) is 36.7 Å². The van der Waals surface area contributed by atoms with Gasteiger partial charge >= 0.3 is 0 Å². The van der Waals surface area contributed by atoms with Crippen LogP contribution in [0.3, 0.4) is 0 Å². The molecule has 2 nitrogen and oxygen atoms in total. The molecule has 0 aliphatic carbocycles. The van der Waals surface area contributed by atoms with E-state index in [2.05, 4.69) is 0 Å². The van der Waals surface area contributed by atoms with Gasteiger partial charge in [-0.3, -0.25) is 0 Å². The number of ketones is 1. The fraction of sp³-hybridized carbons (Fsp3) is 0.462. The van der Waals surface area contributed by atoms with E-state index < -0.39 is 17.5 Å². The van der Waals surface area contributed by atoms with Gasteiger partial charge in [0.15, 0.2) is 17.5 Å². The standard InChI is InChI=1S/C13H15F3O2/c1-8(17)5-9(7-18-2)6-10-3-4-11(14)13(16)12(10)15/h3-4,9H,5-7H2,1-2H3. The molecule has 5 heteroatoms. The van der Waals surface area contributed by atoms with Crippen LogP contribution in [0.4, 0.5) is 13.2 Å². The Morgan fingerprint density at radius 2 is 1.94 bits per heavy atom. The summed E-state index contributed by atoms with van der Waals surface area (Å²) in [6, 6.07) is 2.07. The summed E-state index contributed by atoms with van der Waals surface area (Å²) in [7, 11) is 1.47. The molecule has 1 rings (SSSR count). The molecular weight excluding hydrogens is 245 g/mol. The summed E-state index contributed by atoms with van der Waals surface area (Å²) in [5, 5.41) is 0. The molecule has 0 radical (unpaired) electrons. The largest absolute Gasteiger partial charge is 0.384 e. The summed E-state index contributed by atoms with van der Waals surface area (Å²) in [6.45, 7) is 1.68. The lowest BCUT2D eigenvalue weighted by molar-refractivity contribution is -0.118. The van der Waals surface area contributed by atoms with Crippen LogP contribution in [0.25, 0.3) is 0 Å². The summed E-state index contributed by atoms with van der Waals surface area (Å²) in [6.07, 6.45) is 0.350. The Labute approximate surface area is 104 Å². The fourth-order valence-electron chi connectivity index (χ4n) is 1.87. The number of carbonyl (C=O) groups is 1. The van der Waals surface area contributed by atoms with Gasteiger partial charge in [-0.15, -0.1) is 0 Å². The third-order valence-electron chi connectivity index (χ3n) is 2.60. The molecule has 0 N–H and O–H groups in total. The van der Waals surface area contributed by atoms with Crippen LogP contribution in [0.15, 0.2) is 12.1 Å². The number of halogens is 3. The Hall–Kier alpha value is -1.36. The molecule has 1 aromatic carbocycles. The normalized spacial score (nSPS) is 12.5. The summed E-state index contributed by atoms with van der Waals surface area (Å²) < 4.78 is 44.2. The third kappa shape index (κ3) is 3.84. The van der Waals surface area contributed by atoms with Crippen LogP contribution < -0.4 is 0 Å². The predicted octanol–water partition coefficient (Wildman–Crippen LogP) is 2.89. The minimum absolute atomic E-state index is 0.0530. The molecule has 0 saturated carbocycles. The van der Waals surface area contributed by atoms with Gasteiger partial charge in [0.05, 0.1) is 0 Å². The first-order valence-corrected chi connectivity index (χ1v) is 5.56. The second-order valence-electron chi connectivity index (χ2n) is 4.27. The lowest BCUT2D eigenvalue weighted by Gasteiger charge is -2.15. The van der Waals surface area contributed by atoms with Crippen molar-refractivity contribution in [2.45, 2.75) is 19.8 Å². The SMILES string of the molecule is COCC(CC(C)=O)Cc1ccc(F)c(F)c1F. The van der Waals surface area contributed by atoms with Crippen molar-refractivity contribution in [3.05, 3.63) is 35.1 Å². The van der Waals surface area contributed by atoms with E-state index in [9.17, 15) is 18.0 Å². The maximum atomic E-state index is 13.5. The third-order valence-corrected chi connectivity index (χ3v) is 2.60. The quantitative estimate of drug-likeness (QED) is 0.735. The highest BCUT2D eigenvalue weighted by molar-refractivity contribution is 5.75. The van der Waals surface area contributed by atoms with Crippen molar-refractivity contribution in [1.82, 2.24) is 0 Å². The first-order chi connectivity index (χ1) is 8.45. The van der Waals surface area contributed by atoms with E-state index in [1.165, 1.54) is 20.1 Å². The zero-order chi connectivity index (χ0) is 13.7. The summed E-state index contributed by atoms with van der Waals surface area (Å²) in [4.78, 5) is 11.0. The number of methoxy groups -OCH3 is 1. The summed E-state index contributed by atoms with van der Waals surface area (Å²) in [5.74, 6) is -4.19. The van der Waals surface area contributed by atoms with Gasteiger partial charge in [-0.25, -0.2) is 13.2 Å². The molecule has 1 aromatic rings. The van der Waals surface area contributed by atoms with Gasteiger partial charge in [0.1, 0.15) is 5.78 Å². The van der Waals surface area contributed by atoms with Gasteiger partial charge in [0.25, 0.3) is 0 Å². The topological polar surface area (TPSA) is 26.3 Å². The zero-order valence-corrected chi connectivity index (χ0v) is 10.3. The van der Waals surface area contributed by atoms with Crippen molar-refractivity contribution in [3.8, 4) is 0 Å². The second-order valence-corrected chi connectivity index (χ2v) is 4.27. The molecule has 0 aliphatic heterocycles. The van der Waals surface area contributed by atoms with E-state index in [1.54, 1.807) is 0 Å². The number of rotatable bonds is 6. The van der Waals surface area contributed by atoms with Crippen LogP contribution in [-0.4, -0.2) is 19.5 Å². The maximum Gasteiger partial charge on any atom is 0.194 e. The van der Waals surface area contributed by atoms with Crippen molar-refractivity contribution < 1.29 is 22.7 Å². The number of hydrogen-bond donors (Lipinski definition) is 0. The minimum atomic E-state index is -1.48. The Balaban J connectivity index is 2.86. The first kappa shape index (κ1) is 14.7. The lowest BCUT2D eigenvalue weighted by atomic mass is 9.95. The molecule has 0 saturated heterocycles. The van der Waals surface area contributed by atoms with Crippen molar-refractivity contribution in [2.75, 3.05) is 13.7 Å². The van der Waals surface area contributed by atoms with Gasteiger partial charge < -0.3 is 9.53 Å². The highest BCUT2D eigenvalue weighted by Gasteiger charge is 2.18. The van der Waals surface area contributed by atoms with Crippen LogP contribution in [0, 0.1) is 23.4 Å². The molecule has 1 atom stereocenters. The number of hydrogen-bond acceptors (Lipinski definition) is 2. The maximum absolute atomic E-state index is 13.5. The molecule has 1 unspecified atom stereocenters. The smallest absolute Gasteiger partial charge is 0.194 e. The first-order valence-electron chi connectivity index (χ1n) is 5.56. The van der Waals surface area contributed by atoms with Gasteiger partial charge in [-0.2, -0.15) is 0 Å². The van der Waals surface area contributed by atoms with Gasteiger partial charge in [0.2, 0.25) is 0 Å². The Morgan fingerprint density at radius 3 is 2.50 bits per heavy atom. The minimum Gasteiger partial charge on any atom is -0.384 e. The summed E-state index contributed by atoms with van der Waals surface area (Å²) >= 11 is 0. The molecule has 0 spiro atoms. The van der Waals surface area contributed by atoms with Crippen LogP contribution in [0.5, 0.6) is 0 Å². The van der Waals surface area contributed by atoms with Gasteiger partial charge in [-0.05, 0) is 30.9 Å². The number of Topliss-reactive ketones (excluding diaryl/α,β-unsaturated/α-hetero) is 1. The second kappa shape index (κ2) is 6.54. The molecular formula is C13H15F3O2. The Kier molecular flexibility index (Phi) is 5.34. The fourth-order valence-corrected chi connectivity index (χ4v) is 1.87. The van der Waals surface area contributed by atoms with Crippen molar-refractivity contribution in [3.63, 3.8) is 0 Å². The molecule has 0 heterocycles. The summed E-state index contributed by atoms with van der Waals surface area (Å²) in [5.41, 5.74) is 0.0530. The Bertz CT molecular complexity index is 432. The molecule has 18 heavy (non-hydrogen) atoms. The Morgan fingerprint density at radius 1 is 1.28 bits per heavy atom. The van der Waals surface area contributed by atoms with Crippen molar-refractivity contribution in [2.24, 2.45) is 5.92 Å². The highest BCUT2D eigenvalue weighted by atomic mass is 19.2. The highest BCUT2D eigenvalue weighted by Crippen LogP contribution is 2.20. The van der Waals surface area contributed by atoms with Crippen LogP contribution >= 0.6 is 0 Å². The van der Waals surface area contributed by atoms with Crippen molar-refractivity contribution in [1.29, 1.82) is 0 Å². The zero-order valence-electron chi connectivity index (χ0n) is 10.3. The average Bonchev–Trinajstić information content (AvgIpc) is 2.29. The number of benzene rings is 1. The molecule has 100 valence electrons. The molecule has 0 aliphatic rings. The molecule has 0 fully saturated rings.